The van der Waals surface area contributed by atoms with E-state index < -0.39 is 0 Å². The Morgan fingerprint density at radius 2 is 2.46 bits per heavy atom. The average Bonchev–Trinajstić information content (AvgIpc) is 2.61. The zero-order valence-corrected chi connectivity index (χ0v) is 7.96. The SMILES string of the molecule is COC(=O)C1CCCN1CCCF. The molecule has 3 nitrogen and oxygen atoms in total. The Bertz CT molecular complexity index is 175. The second kappa shape index (κ2) is 5.17. The van der Waals surface area contributed by atoms with Gasteiger partial charge in [-0.05, 0) is 25.8 Å². The van der Waals surface area contributed by atoms with Crippen molar-refractivity contribution < 1.29 is 13.9 Å². The molecule has 4 heteroatoms. The largest absolute Gasteiger partial charge is 0.468 e. The summed E-state index contributed by atoms with van der Waals surface area (Å²) < 4.78 is 16.6. The molecule has 1 aliphatic heterocycles. The van der Waals surface area contributed by atoms with Gasteiger partial charge in [-0.2, -0.15) is 0 Å². The summed E-state index contributed by atoms with van der Waals surface area (Å²) in [6, 6.07) is -0.128. The fourth-order valence-electron chi connectivity index (χ4n) is 1.76. The average molecular weight is 189 g/mol. The predicted molar refractivity (Wildman–Crippen MR) is 47.2 cm³/mol. The normalized spacial score (nSPS) is 23.4. The molecule has 0 aliphatic carbocycles. The molecule has 1 rings (SSSR count). The van der Waals surface area contributed by atoms with Gasteiger partial charge in [-0.25, -0.2) is 0 Å². The summed E-state index contributed by atoms with van der Waals surface area (Å²) >= 11 is 0. The van der Waals surface area contributed by atoms with E-state index in [-0.39, 0.29) is 18.7 Å². The van der Waals surface area contributed by atoms with E-state index in [1.165, 1.54) is 7.11 Å². The molecule has 0 aromatic rings. The number of likely N-dealkylation sites (tertiary alicyclic amines) is 1. The third-order valence-corrected chi connectivity index (χ3v) is 2.42. The molecule has 1 heterocycles. The minimum atomic E-state index is -0.315. The van der Waals surface area contributed by atoms with E-state index in [4.69, 9.17) is 0 Å². The first-order valence-electron chi connectivity index (χ1n) is 4.67. The molecule has 0 saturated carbocycles. The molecule has 1 fully saturated rings. The number of ether oxygens (including phenoxy) is 1. The van der Waals surface area contributed by atoms with Gasteiger partial charge in [0, 0.05) is 6.54 Å². The van der Waals surface area contributed by atoms with E-state index in [1.807, 2.05) is 4.90 Å². The minimum Gasteiger partial charge on any atom is -0.468 e. The molecule has 0 aromatic carbocycles. The molecule has 0 N–H and O–H groups in total. The quantitative estimate of drug-likeness (QED) is 0.617. The van der Waals surface area contributed by atoms with Crippen LogP contribution >= 0.6 is 0 Å². The summed E-state index contributed by atoms with van der Waals surface area (Å²) in [6.45, 7) is 1.24. The van der Waals surface area contributed by atoms with Crippen LogP contribution in [-0.2, 0) is 9.53 Å². The van der Waals surface area contributed by atoms with Crippen LogP contribution in [0.5, 0.6) is 0 Å². The van der Waals surface area contributed by atoms with Crippen LogP contribution in [-0.4, -0.2) is 43.8 Å². The molecule has 13 heavy (non-hydrogen) atoms. The van der Waals surface area contributed by atoms with Gasteiger partial charge in [0.1, 0.15) is 6.04 Å². The Balaban J connectivity index is 2.39. The van der Waals surface area contributed by atoms with E-state index in [1.54, 1.807) is 0 Å². The van der Waals surface area contributed by atoms with Crippen molar-refractivity contribution in [1.82, 2.24) is 4.90 Å². The van der Waals surface area contributed by atoms with Gasteiger partial charge in [0.05, 0.1) is 13.8 Å². The molecule has 0 spiro atoms. The van der Waals surface area contributed by atoms with Crippen molar-refractivity contribution in [3.8, 4) is 0 Å². The smallest absolute Gasteiger partial charge is 0.323 e. The molecular weight excluding hydrogens is 173 g/mol. The van der Waals surface area contributed by atoms with E-state index in [0.717, 1.165) is 19.4 Å². The van der Waals surface area contributed by atoms with Crippen molar-refractivity contribution in [3.05, 3.63) is 0 Å². The van der Waals surface area contributed by atoms with Crippen molar-refractivity contribution in [3.63, 3.8) is 0 Å². The summed E-state index contributed by atoms with van der Waals surface area (Å²) in [5, 5.41) is 0. The van der Waals surface area contributed by atoms with E-state index in [9.17, 15) is 9.18 Å². The molecule has 0 bridgehead atoms. The first-order chi connectivity index (χ1) is 6.29. The van der Waals surface area contributed by atoms with Gasteiger partial charge in [-0.15, -0.1) is 0 Å². The molecular formula is C9H16FNO2. The van der Waals surface area contributed by atoms with Gasteiger partial charge in [0.2, 0.25) is 0 Å². The maximum Gasteiger partial charge on any atom is 0.323 e. The van der Waals surface area contributed by atoms with Crippen LogP contribution in [0.1, 0.15) is 19.3 Å². The number of hydrogen-bond donors (Lipinski definition) is 0. The topological polar surface area (TPSA) is 29.5 Å². The zero-order valence-electron chi connectivity index (χ0n) is 7.96. The molecule has 0 amide bonds. The monoisotopic (exact) mass is 189 g/mol. The summed E-state index contributed by atoms with van der Waals surface area (Å²) in [7, 11) is 1.40. The minimum absolute atomic E-state index is 0.128. The molecule has 0 aromatic heterocycles. The molecule has 1 saturated heterocycles. The van der Waals surface area contributed by atoms with Crippen LogP contribution in [0.4, 0.5) is 4.39 Å². The van der Waals surface area contributed by atoms with Crippen LogP contribution in [0.2, 0.25) is 0 Å². The number of hydrogen-bond acceptors (Lipinski definition) is 3. The fraction of sp³-hybridized carbons (Fsp3) is 0.889. The highest BCUT2D eigenvalue weighted by Gasteiger charge is 2.30. The second-order valence-electron chi connectivity index (χ2n) is 3.26. The van der Waals surface area contributed by atoms with Gasteiger partial charge in [0.15, 0.2) is 0 Å². The summed E-state index contributed by atoms with van der Waals surface area (Å²) in [5.74, 6) is -0.184. The Morgan fingerprint density at radius 1 is 1.69 bits per heavy atom. The van der Waals surface area contributed by atoms with Gasteiger partial charge >= 0.3 is 5.97 Å². The van der Waals surface area contributed by atoms with Crippen LogP contribution in [0.3, 0.4) is 0 Å². The maximum atomic E-state index is 11.9. The third kappa shape index (κ3) is 2.66. The summed E-state index contributed by atoms with van der Waals surface area (Å²) in [5.41, 5.74) is 0. The van der Waals surface area contributed by atoms with Crippen LogP contribution in [0.25, 0.3) is 0 Å². The lowest BCUT2D eigenvalue weighted by Gasteiger charge is -2.21. The number of methoxy groups -OCH3 is 1. The van der Waals surface area contributed by atoms with Gasteiger partial charge in [-0.3, -0.25) is 14.1 Å². The Hall–Kier alpha value is -0.640. The number of halogens is 1. The number of nitrogens with zero attached hydrogens (tertiary/aromatic N) is 1. The van der Waals surface area contributed by atoms with Crippen LogP contribution < -0.4 is 0 Å². The molecule has 1 atom stereocenters. The Kier molecular flexibility index (Phi) is 4.15. The number of carbonyl (C=O) groups is 1. The van der Waals surface area contributed by atoms with Gasteiger partial charge in [-0.1, -0.05) is 0 Å². The Morgan fingerprint density at radius 3 is 3.08 bits per heavy atom. The predicted octanol–water partition coefficient (Wildman–Crippen LogP) is 0.983. The van der Waals surface area contributed by atoms with Crippen molar-refractivity contribution in [2.45, 2.75) is 25.3 Å². The van der Waals surface area contributed by atoms with E-state index in [0.29, 0.717) is 13.0 Å². The van der Waals surface area contributed by atoms with Gasteiger partial charge in [0.25, 0.3) is 0 Å². The standard InChI is InChI=1S/C9H16FNO2/c1-13-9(12)8-4-2-6-11(8)7-3-5-10/h8H,2-7H2,1H3. The highest BCUT2D eigenvalue weighted by atomic mass is 19.1. The van der Waals surface area contributed by atoms with Crippen molar-refractivity contribution in [1.29, 1.82) is 0 Å². The van der Waals surface area contributed by atoms with Gasteiger partial charge < -0.3 is 4.74 Å². The highest BCUT2D eigenvalue weighted by Crippen LogP contribution is 2.18. The molecule has 0 radical (unpaired) electrons. The van der Waals surface area contributed by atoms with Crippen molar-refractivity contribution >= 4 is 5.97 Å². The first-order valence-corrected chi connectivity index (χ1v) is 4.67. The summed E-state index contributed by atoms with van der Waals surface area (Å²) in [6.07, 6.45) is 2.36. The summed E-state index contributed by atoms with van der Waals surface area (Å²) in [4.78, 5) is 13.2. The maximum absolute atomic E-state index is 11.9. The Labute approximate surface area is 77.9 Å². The third-order valence-electron chi connectivity index (χ3n) is 2.42. The molecule has 1 aliphatic rings. The van der Waals surface area contributed by atoms with E-state index in [2.05, 4.69) is 4.74 Å². The lowest BCUT2D eigenvalue weighted by atomic mass is 10.2. The van der Waals surface area contributed by atoms with Crippen LogP contribution in [0.15, 0.2) is 0 Å². The highest BCUT2D eigenvalue weighted by molar-refractivity contribution is 5.75. The number of carbonyl (C=O) groups excluding carboxylic acids is 1. The molecule has 76 valence electrons. The van der Waals surface area contributed by atoms with Crippen LogP contribution in [0, 0.1) is 0 Å². The molecule has 1 unspecified atom stereocenters. The van der Waals surface area contributed by atoms with Crippen molar-refractivity contribution in [2.75, 3.05) is 26.9 Å². The fourth-order valence-corrected chi connectivity index (χ4v) is 1.76. The number of esters is 1. The zero-order chi connectivity index (χ0) is 9.68. The van der Waals surface area contributed by atoms with Crippen molar-refractivity contribution in [2.24, 2.45) is 0 Å². The lowest BCUT2D eigenvalue weighted by molar-refractivity contribution is -0.145. The lowest BCUT2D eigenvalue weighted by Crippen LogP contribution is -2.37. The first kappa shape index (κ1) is 10.4. The number of alkyl halides is 1. The number of rotatable bonds is 4. The second-order valence-corrected chi connectivity index (χ2v) is 3.26. The van der Waals surface area contributed by atoms with E-state index >= 15 is 0 Å².